The molecule has 0 atom stereocenters. The van der Waals surface area contributed by atoms with Gasteiger partial charge in [-0.25, -0.2) is 8.78 Å². The number of rotatable bonds is 2. The summed E-state index contributed by atoms with van der Waals surface area (Å²) in [5.41, 5.74) is -0.561. The molecule has 1 aromatic rings. The van der Waals surface area contributed by atoms with Gasteiger partial charge in [0.1, 0.15) is 11.6 Å². The SMILES string of the molecule is N#CC1(Cc2c(F)ccc(Br)c2F)CCCCC1. The van der Waals surface area contributed by atoms with E-state index in [2.05, 4.69) is 22.0 Å². The number of halogens is 3. The Bertz CT molecular complexity index is 487. The van der Waals surface area contributed by atoms with Gasteiger partial charge in [0.15, 0.2) is 0 Å². The molecule has 1 aromatic carbocycles. The van der Waals surface area contributed by atoms with Gasteiger partial charge >= 0.3 is 0 Å². The molecular weight excluding hydrogens is 300 g/mol. The van der Waals surface area contributed by atoms with E-state index < -0.39 is 17.0 Å². The molecule has 1 aliphatic rings. The van der Waals surface area contributed by atoms with E-state index in [1.807, 2.05) is 0 Å². The minimum absolute atomic E-state index is 0.0350. The highest BCUT2D eigenvalue weighted by atomic mass is 79.9. The van der Waals surface area contributed by atoms with Crippen LogP contribution in [0, 0.1) is 28.4 Å². The lowest BCUT2D eigenvalue weighted by molar-refractivity contribution is 0.260. The van der Waals surface area contributed by atoms with Crippen LogP contribution in [0.5, 0.6) is 0 Å². The van der Waals surface area contributed by atoms with Crippen LogP contribution < -0.4 is 0 Å². The number of hydrogen-bond donors (Lipinski definition) is 0. The van der Waals surface area contributed by atoms with Crippen molar-refractivity contribution >= 4 is 15.9 Å². The summed E-state index contributed by atoms with van der Waals surface area (Å²) in [5.74, 6) is -1.13. The predicted molar refractivity (Wildman–Crippen MR) is 68.9 cm³/mol. The summed E-state index contributed by atoms with van der Waals surface area (Å²) in [7, 11) is 0. The second-order valence-corrected chi connectivity index (χ2v) is 5.81. The van der Waals surface area contributed by atoms with E-state index in [0.29, 0.717) is 0 Å². The highest BCUT2D eigenvalue weighted by Gasteiger charge is 2.34. The van der Waals surface area contributed by atoms with Crippen molar-refractivity contribution in [2.24, 2.45) is 5.41 Å². The Morgan fingerprint density at radius 3 is 2.50 bits per heavy atom. The Balaban J connectivity index is 2.33. The Morgan fingerprint density at radius 1 is 1.22 bits per heavy atom. The average molecular weight is 314 g/mol. The molecule has 2 rings (SSSR count). The predicted octanol–water partition coefficient (Wildman–Crippen LogP) is 4.74. The number of nitrogens with zero attached hydrogens (tertiary/aromatic N) is 1. The van der Waals surface area contributed by atoms with E-state index in [4.69, 9.17) is 0 Å². The second kappa shape index (κ2) is 5.36. The Kier molecular flexibility index (Phi) is 4.01. The fourth-order valence-electron chi connectivity index (χ4n) is 2.63. The van der Waals surface area contributed by atoms with Gasteiger partial charge in [-0.3, -0.25) is 0 Å². The normalized spacial score (nSPS) is 18.3. The summed E-state index contributed by atoms with van der Waals surface area (Å²) in [5, 5.41) is 9.35. The van der Waals surface area contributed by atoms with E-state index in [1.54, 1.807) is 0 Å². The first-order valence-electron chi connectivity index (χ1n) is 6.12. The third-order valence-corrected chi connectivity index (χ3v) is 4.31. The molecule has 0 N–H and O–H groups in total. The van der Waals surface area contributed by atoms with Gasteiger partial charge in [0.2, 0.25) is 0 Å². The van der Waals surface area contributed by atoms with Gasteiger partial charge in [0.05, 0.1) is 16.0 Å². The molecule has 0 aliphatic heterocycles. The minimum atomic E-state index is -0.597. The molecule has 0 spiro atoms. The molecule has 1 nitrogen and oxygen atoms in total. The third kappa shape index (κ3) is 2.56. The summed E-state index contributed by atoms with van der Waals surface area (Å²) in [6.45, 7) is 0. The van der Waals surface area contributed by atoms with Crippen molar-refractivity contribution in [3.05, 3.63) is 33.8 Å². The third-order valence-electron chi connectivity index (χ3n) is 3.70. The molecule has 0 unspecified atom stereocenters. The van der Waals surface area contributed by atoms with Crippen LogP contribution in [-0.2, 0) is 6.42 Å². The van der Waals surface area contributed by atoms with Crippen LogP contribution in [0.3, 0.4) is 0 Å². The molecule has 1 aliphatic carbocycles. The first-order chi connectivity index (χ1) is 8.58. The van der Waals surface area contributed by atoms with Crippen LogP contribution in [0.15, 0.2) is 16.6 Å². The highest BCUT2D eigenvalue weighted by Crippen LogP contribution is 2.40. The Labute approximate surface area is 114 Å². The molecule has 1 fully saturated rings. The average Bonchev–Trinajstić information content (AvgIpc) is 2.40. The quantitative estimate of drug-likeness (QED) is 0.723. The van der Waals surface area contributed by atoms with Gasteiger partial charge < -0.3 is 0 Å². The van der Waals surface area contributed by atoms with Crippen LogP contribution in [0.25, 0.3) is 0 Å². The summed E-state index contributed by atoms with van der Waals surface area (Å²) < 4.78 is 27.9. The van der Waals surface area contributed by atoms with E-state index in [9.17, 15) is 14.0 Å². The number of nitriles is 1. The van der Waals surface area contributed by atoms with Crippen LogP contribution in [-0.4, -0.2) is 0 Å². The lowest BCUT2D eigenvalue weighted by Gasteiger charge is -2.30. The molecule has 1 saturated carbocycles. The van der Waals surface area contributed by atoms with Crippen molar-refractivity contribution in [3.63, 3.8) is 0 Å². The van der Waals surface area contributed by atoms with Gasteiger partial charge in [-0.2, -0.15) is 5.26 Å². The Morgan fingerprint density at radius 2 is 1.89 bits per heavy atom. The van der Waals surface area contributed by atoms with Crippen LogP contribution >= 0.6 is 15.9 Å². The maximum atomic E-state index is 13.9. The van der Waals surface area contributed by atoms with Crippen molar-refractivity contribution in [1.29, 1.82) is 5.26 Å². The lowest BCUT2D eigenvalue weighted by Crippen LogP contribution is -2.26. The van der Waals surface area contributed by atoms with Crippen molar-refractivity contribution in [2.45, 2.75) is 38.5 Å². The van der Waals surface area contributed by atoms with Gasteiger partial charge in [0, 0.05) is 5.56 Å². The van der Waals surface area contributed by atoms with E-state index in [0.717, 1.165) is 32.1 Å². The topological polar surface area (TPSA) is 23.8 Å². The van der Waals surface area contributed by atoms with Crippen molar-refractivity contribution in [1.82, 2.24) is 0 Å². The van der Waals surface area contributed by atoms with Crippen LogP contribution in [0.1, 0.15) is 37.7 Å². The largest absolute Gasteiger partial charge is 0.207 e. The van der Waals surface area contributed by atoms with Crippen molar-refractivity contribution in [3.8, 4) is 6.07 Å². The fraction of sp³-hybridized carbons (Fsp3) is 0.500. The van der Waals surface area contributed by atoms with Crippen molar-refractivity contribution < 1.29 is 8.78 Å². The smallest absolute Gasteiger partial charge is 0.143 e. The zero-order chi connectivity index (χ0) is 13.2. The molecule has 0 bridgehead atoms. The number of hydrogen-bond acceptors (Lipinski definition) is 1. The summed E-state index contributed by atoms with van der Waals surface area (Å²) >= 11 is 3.06. The summed E-state index contributed by atoms with van der Waals surface area (Å²) in [6.07, 6.45) is 4.66. The lowest BCUT2D eigenvalue weighted by atomic mass is 9.71. The molecule has 0 radical (unpaired) electrons. The molecule has 0 aromatic heterocycles. The molecule has 4 heteroatoms. The van der Waals surface area contributed by atoms with E-state index >= 15 is 0 Å². The van der Waals surface area contributed by atoms with Crippen LogP contribution in [0.2, 0.25) is 0 Å². The zero-order valence-corrected chi connectivity index (χ0v) is 11.6. The van der Waals surface area contributed by atoms with Crippen molar-refractivity contribution in [2.75, 3.05) is 0 Å². The van der Waals surface area contributed by atoms with E-state index in [-0.39, 0.29) is 16.5 Å². The summed E-state index contributed by atoms with van der Waals surface area (Å²) in [4.78, 5) is 0. The number of benzene rings is 1. The monoisotopic (exact) mass is 313 g/mol. The summed E-state index contributed by atoms with van der Waals surface area (Å²) in [6, 6.07) is 4.89. The Hall–Kier alpha value is -0.950. The standard InChI is InChI=1S/C14H14BrF2N/c15-11-4-5-12(16)10(13(11)17)8-14(9-18)6-2-1-3-7-14/h4-5H,1-3,6-8H2. The molecule has 96 valence electrons. The first-order valence-corrected chi connectivity index (χ1v) is 6.91. The molecular formula is C14H14BrF2N. The van der Waals surface area contributed by atoms with Gasteiger partial charge in [-0.1, -0.05) is 19.3 Å². The van der Waals surface area contributed by atoms with Gasteiger partial charge in [-0.05, 0) is 47.3 Å². The zero-order valence-electron chi connectivity index (χ0n) is 9.98. The molecule has 0 amide bonds. The first kappa shape index (κ1) is 13.5. The van der Waals surface area contributed by atoms with Gasteiger partial charge in [0.25, 0.3) is 0 Å². The van der Waals surface area contributed by atoms with Crippen LogP contribution in [0.4, 0.5) is 8.78 Å². The molecule has 18 heavy (non-hydrogen) atoms. The minimum Gasteiger partial charge on any atom is -0.207 e. The van der Waals surface area contributed by atoms with E-state index in [1.165, 1.54) is 12.1 Å². The maximum absolute atomic E-state index is 13.9. The fourth-order valence-corrected chi connectivity index (χ4v) is 3.00. The molecule has 0 saturated heterocycles. The second-order valence-electron chi connectivity index (χ2n) is 4.95. The highest BCUT2D eigenvalue weighted by molar-refractivity contribution is 9.10. The molecule has 0 heterocycles. The maximum Gasteiger partial charge on any atom is 0.143 e. The van der Waals surface area contributed by atoms with Gasteiger partial charge in [-0.15, -0.1) is 0 Å².